The van der Waals surface area contributed by atoms with Crippen molar-refractivity contribution in [3.8, 4) is 0 Å². The van der Waals surface area contributed by atoms with E-state index in [9.17, 15) is 4.79 Å². The highest BCUT2D eigenvalue weighted by Crippen LogP contribution is 2.51. The third-order valence-corrected chi connectivity index (χ3v) is 12.2. The summed E-state index contributed by atoms with van der Waals surface area (Å²) in [5.41, 5.74) is 1.22. The standard InChI is InChI=1S/C19H28N4OSi/c1-19(2,3)25(4,5)23-15-11-14(18(23)24)17-16(15)20-21-22(17)12-13-9-7-6-8-10-13/h6-10,14-17H,11-12H2,1-5H3/t14-,15+,16-,17+/m1/s1. The van der Waals surface area contributed by atoms with Crippen LogP contribution in [0, 0.1) is 5.92 Å². The Labute approximate surface area is 151 Å². The Morgan fingerprint density at radius 2 is 1.88 bits per heavy atom. The van der Waals surface area contributed by atoms with Crippen molar-refractivity contribution < 1.29 is 4.79 Å². The number of fused-ring (bicyclic) bond motifs is 5. The smallest absolute Gasteiger partial charge is 0.220 e. The molecule has 134 valence electrons. The van der Waals surface area contributed by atoms with Crippen LogP contribution in [0.1, 0.15) is 32.8 Å². The molecule has 6 heteroatoms. The van der Waals surface area contributed by atoms with Crippen LogP contribution in [-0.2, 0) is 11.3 Å². The molecule has 4 atom stereocenters. The lowest BCUT2D eigenvalue weighted by Crippen LogP contribution is -2.65. The first-order valence-electron chi connectivity index (χ1n) is 9.26. The van der Waals surface area contributed by atoms with E-state index < -0.39 is 8.24 Å². The first-order valence-corrected chi connectivity index (χ1v) is 12.2. The number of hydrogen-bond donors (Lipinski definition) is 0. The van der Waals surface area contributed by atoms with Gasteiger partial charge in [0.1, 0.15) is 6.04 Å². The Hall–Kier alpha value is -1.69. The molecule has 1 aromatic carbocycles. The Bertz CT molecular complexity index is 712. The molecular formula is C19H28N4OSi. The zero-order valence-electron chi connectivity index (χ0n) is 15.8. The molecular weight excluding hydrogens is 328 g/mol. The minimum Gasteiger partial charge on any atom is -0.364 e. The van der Waals surface area contributed by atoms with Gasteiger partial charge >= 0.3 is 0 Å². The van der Waals surface area contributed by atoms with Crippen molar-refractivity contribution in [2.75, 3.05) is 0 Å². The molecule has 0 spiro atoms. The molecule has 0 aromatic heterocycles. The summed E-state index contributed by atoms with van der Waals surface area (Å²) in [7, 11) is -1.88. The Balaban J connectivity index is 1.58. The van der Waals surface area contributed by atoms with Crippen molar-refractivity contribution in [3.05, 3.63) is 35.9 Å². The molecule has 1 amide bonds. The average Bonchev–Trinajstić information content (AvgIpc) is 3.18. The molecule has 1 aromatic rings. The summed E-state index contributed by atoms with van der Waals surface area (Å²) in [5.74, 6) is 0.408. The number of carbonyl (C=O) groups excluding carboxylic acids is 1. The third kappa shape index (κ3) is 2.37. The second-order valence-corrected chi connectivity index (χ2v) is 14.3. The van der Waals surface area contributed by atoms with Crippen LogP contribution in [0.25, 0.3) is 0 Å². The third-order valence-electron chi connectivity index (χ3n) is 6.81. The minimum atomic E-state index is -1.88. The van der Waals surface area contributed by atoms with E-state index in [1.54, 1.807) is 0 Å². The molecule has 2 heterocycles. The number of hydrogen-bond acceptors (Lipinski definition) is 4. The van der Waals surface area contributed by atoms with Gasteiger partial charge in [0.15, 0.2) is 8.24 Å². The highest BCUT2D eigenvalue weighted by Gasteiger charge is 2.65. The molecule has 3 aliphatic rings. The van der Waals surface area contributed by atoms with Gasteiger partial charge in [-0.3, -0.25) is 9.80 Å². The first kappa shape index (κ1) is 16.8. The van der Waals surface area contributed by atoms with E-state index in [0.29, 0.717) is 5.91 Å². The quantitative estimate of drug-likeness (QED) is 0.773. The van der Waals surface area contributed by atoms with Crippen molar-refractivity contribution in [2.45, 2.75) is 70.0 Å². The number of piperidine rings is 1. The molecule has 1 aliphatic carbocycles. The van der Waals surface area contributed by atoms with E-state index >= 15 is 0 Å². The van der Waals surface area contributed by atoms with Gasteiger partial charge in [0.25, 0.3) is 0 Å². The molecule has 2 fully saturated rings. The van der Waals surface area contributed by atoms with Gasteiger partial charge in [0.2, 0.25) is 5.91 Å². The van der Waals surface area contributed by atoms with Gasteiger partial charge in [-0.1, -0.05) is 69.4 Å². The molecule has 0 unspecified atom stereocenters. The number of nitrogens with zero attached hydrogens (tertiary/aromatic N) is 4. The largest absolute Gasteiger partial charge is 0.364 e. The van der Waals surface area contributed by atoms with E-state index in [1.807, 2.05) is 18.2 Å². The highest BCUT2D eigenvalue weighted by atomic mass is 28.3. The molecule has 1 saturated heterocycles. The van der Waals surface area contributed by atoms with Crippen LogP contribution in [-0.4, -0.2) is 41.8 Å². The van der Waals surface area contributed by atoms with Gasteiger partial charge in [-0.25, -0.2) is 0 Å². The fourth-order valence-corrected chi connectivity index (χ4v) is 7.05. The fraction of sp³-hybridized carbons (Fsp3) is 0.632. The molecule has 2 aliphatic heterocycles. The Morgan fingerprint density at radius 1 is 1.20 bits per heavy atom. The predicted molar refractivity (Wildman–Crippen MR) is 100 cm³/mol. The number of carbonyl (C=O) groups is 1. The van der Waals surface area contributed by atoms with Gasteiger partial charge < -0.3 is 4.57 Å². The molecule has 2 bridgehead atoms. The van der Waals surface area contributed by atoms with Crippen molar-refractivity contribution in [1.29, 1.82) is 0 Å². The minimum absolute atomic E-state index is 0.0582. The second kappa shape index (κ2) is 5.40. The zero-order chi connectivity index (χ0) is 18.0. The van der Waals surface area contributed by atoms with Crippen LogP contribution in [0.15, 0.2) is 40.7 Å². The van der Waals surface area contributed by atoms with Crippen LogP contribution in [0.2, 0.25) is 18.1 Å². The van der Waals surface area contributed by atoms with Crippen LogP contribution >= 0.6 is 0 Å². The van der Waals surface area contributed by atoms with Gasteiger partial charge in [0.05, 0.1) is 24.5 Å². The maximum atomic E-state index is 13.3. The molecule has 5 nitrogen and oxygen atoms in total. The summed E-state index contributed by atoms with van der Waals surface area (Å²) in [5, 5.41) is 11.3. The summed E-state index contributed by atoms with van der Waals surface area (Å²) >= 11 is 0. The lowest BCUT2D eigenvalue weighted by atomic mass is 9.99. The highest BCUT2D eigenvalue weighted by molar-refractivity contribution is 6.79. The van der Waals surface area contributed by atoms with E-state index in [-0.39, 0.29) is 29.1 Å². The van der Waals surface area contributed by atoms with E-state index in [0.717, 1.165) is 13.0 Å². The van der Waals surface area contributed by atoms with E-state index in [4.69, 9.17) is 0 Å². The van der Waals surface area contributed by atoms with Gasteiger partial charge in [-0.2, -0.15) is 5.11 Å². The summed E-state index contributed by atoms with van der Waals surface area (Å²) in [6.07, 6.45) is 0.949. The summed E-state index contributed by atoms with van der Waals surface area (Å²) < 4.78 is 2.27. The maximum absolute atomic E-state index is 13.3. The monoisotopic (exact) mass is 356 g/mol. The molecule has 0 N–H and O–H groups in total. The lowest BCUT2D eigenvalue weighted by molar-refractivity contribution is -0.132. The average molecular weight is 357 g/mol. The van der Waals surface area contributed by atoms with E-state index in [2.05, 4.69) is 65.9 Å². The second-order valence-electron chi connectivity index (χ2n) is 9.20. The normalized spacial score (nSPS) is 31.2. The summed E-state index contributed by atoms with van der Waals surface area (Å²) in [4.78, 5) is 13.3. The van der Waals surface area contributed by atoms with Gasteiger partial charge in [-0.15, -0.1) is 0 Å². The van der Waals surface area contributed by atoms with Crippen LogP contribution in [0.5, 0.6) is 0 Å². The van der Waals surface area contributed by atoms with Crippen LogP contribution in [0.3, 0.4) is 0 Å². The molecule has 4 rings (SSSR count). The lowest BCUT2D eigenvalue weighted by Gasteiger charge is -2.49. The molecule has 0 radical (unpaired) electrons. The summed E-state index contributed by atoms with van der Waals surface area (Å²) in [6.45, 7) is 12.2. The van der Waals surface area contributed by atoms with Crippen LogP contribution in [0.4, 0.5) is 0 Å². The number of benzene rings is 1. The molecule has 25 heavy (non-hydrogen) atoms. The zero-order valence-corrected chi connectivity index (χ0v) is 16.8. The first-order chi connectivity index (χ1) is 11.7. The van der Waals surface area contributed by atoms with Crippen molar-refractivity contribution in [3.63, 3.8) is 0 Å². The number of rotatable bonds is 3. The Kier molecular flexibility index (Phi) is 3.62. The SMILES string of the molecule is CC(C)(C)[Si](C)(C)N1C(=O)[C@@H]2C[C@H]1[C@H]1N=NN(Cc3ccccc3)[C@H]12. The summed E-state index contributed by atoms with van der Waals surface area (Å²) in [6, 6.07) is 10.9. The maximum Gasteiger partial charge on any atom is 0.220 e. The van der Waals surface area contributed by atoms with Crippen LogP contribution < -0.4 is 0 Å². The Morgan fingerprint density at radius 3 is 2.52 bits per heavy atom. The fourth-order valence-electron chi connectivity index (χ4n) is 4.53. The molecule has 1 saturated carbocycles. The van der Waals surface area contributed by atoms with Crippen molar-refractivity contribution in [2.24, 2.45) is 16.3 Å². The van der Waals surface area contributed by atoms with Crippen molar-refractivity contribution in [1.82, 2.24) is 9.57 Å². The topological polar surface area (TPSA) is 48.3 Å². The number of amides is 1. The van der Waals surface area contributed by atoms with Gasteiger partial charge in [0, 0.05) is 0 Å². The van der Waals surface area contributed by atoms with Gasteiger partial charge in [-0.05, 0) is 17.0 Å². The van der Waals surface area contributed by atoms with E-state index in [1.165, 1.54) is 5.56 Å². The predicted octanol–water partition coefficient (Wildman–Crippen LogP) is 3.84. The van der Waals surface area contributed by atoms with Crippen molar-refractivity contribution >= 4 is 14.1 Å².